The van der Waals surface area contributed by atoms with E-state index < -0.39 is 0 Å². The molecule has 4 rings (SSSR count). The molecule has 1 amide bonds. The first-order chi connectivity index (χ1) is 16.6. The number of benzene rings is 1. The van der Waals surface area contributed by atoms with Crippen molar-refractivity contribution in [2.45, 2.75) is 64.8 Å². The predicted octanol–water partition coefficient (Wildman–Crippen LogP) is 4.88. The number of aromatic nitrogens is 2. The van der Waals surface area contributed by atoms with Gasteiger partial charge in [-0.2, -0.15) is 5.10 Å². The van der Waals surface area contributed by atoms with Crippen molar-refractivity contribution in [3.8, 4) is 0 Å². The summed E-state index contributed by atoms with van der Waals surface area (Å²) in [5.41, 5.74) is 3.45. The zero-order valence-corrected chi connectivity index (χ0v) is 21.3. The van der Waals surface area contributed by atoms with Crippen LogP contribution in [-0.4, -0.2) is 70.8 Å². The molecule has 2 aliphatic heterocycles. The van der Waals surface area contributed by atoms with Gasteiger partial charge in [0.25, 0.3) is 5.91 Å². The number of para-hydroxylation sites is 2. The fourth-order valence-corrected chi connectivity index (χ4v) is 5.53. The molecule has 1 unspecified atom stereocenters. The molecule has 0 radical (unpaired) electrons. The van der Waals surface area contributed by atoms with E-state index in [1.54, 1.807) is 4.68 Å². The van der Waals surface area contributed by atoms with E-state index in [0.29, 0.717) is 5.69 Å². The molecule has 0 spiro atoms. The summed E-state index contributed by atoms with van der Waals surface area (Å²) in [5, 5.41) is 7.43. The topological polar surface area (TPSA) is 56.6 Å². The van der Waals surface area contributed by atoms with E-state index in [2.05, 4.69) is 45.0 Å². The molecule has 0 bridgehead atoms. The number of hydrogen-bond donors (Lipinski definition) is 1. The van der Waals surface area contributed by atoms with Gasteiger partial charge in [0.15, 0.2) is 0 Å². The lowest BCUT2D eigenvalue weighted by atomic mass is 10.0. The molecule has 0 aliphatic carbocycles. The molecular formula is C27H42N6O. The lowest BCUT2D eigenvalue weighted by Crippen LogP contribution is -2.47. The van der Waals surface area contributed by atoms with Gasteiger partial charge in [0.05, 0.1) is 23.3 Å². The maximum absolute atomic E-state index is 12.8. The number of nitrogens with one attached hydrogen (secondary N) is 1. The lowest BCUT2D eigenvalue weighted by molar-refractivity contribution is 0.101. The van der Waals surface area contributed by atoms with Gasteiger partial charge in [-0.05, 0) is 64.0 Å². The van der Waals surface area contributed by atoms with Gasteiger partial charge >= 0.3 is 0 Å². The first-order valence-electron chi connectivity index (χ1n) is 13.3. The van der Waals surface area contributed by atoms with Crippen molar-refractivity contribution in [3.63, 3.8) is 0 Å². The Hall–Kier alpha value is -2.38. The third-order valence-corrected chi connectivity index (χ3v) is 7.56. The van der Waals surface area contributed by atoms with Crippen LogP contribution in [0.15, 0.2) is 30.5 Å². The number of likely N-dealkylation sites (tertiary alicyclic amines) is 1. The van der Waals surface area contributed by atoms with Crippen LogP contribution in [0.3, 0.4) is 0 Å². The first kappa shape index (κ1) is 24.7. The lowest BCUT2D eigenvalue weighted by Gasteiger charge is -2.38. The van der Waals surface area contributed by atoms with Crippen molar-refractivity contribution in [2.24, 2.45) is 7.05 Å². The van der Waals surface area contributed by atoms with Gasteiger partial charge in [0.1, 0.15) is 5.69 Å². The number of carbonyl (C=O) groups is 1. The number of carbonyl (C=O) groups excluding carboxylic acids is 1. The van der Waals surface area contributed by atoms with E-state index >= 15 is 0 Å². The smallest absolute Gasteiger partial charge is 0.276 e. The van der Waals surface area contributed by atoms with Crippen molar-refractivity contribution >= 4 is 23.0 Å². The van der Waals surface area contributed by atoms with Crippen LogP contribution >= 0.6 is 0 Å². The summed E-state index contributed by atoms with van der Waals surface area (Å²) in [7, 11) is 1.83. The summed E-state index contributed by atoms with van der Waals surface area (Å²) >= 11 is 0. The van der Waals surface area contributed by atoms with Crippen LogP contribution in [0.5, 0.6) is 0 Å². The average Bonchev–Trinajstić information content (AvgIpc) is 3.19. The summed E-state index contributed by atoms with van der Waals surface area (Å²) in [6, 6.07) is 8.81. The number of anilines is 3. The number of nitrogens with zero attached hydrogens (tertiary/aromatic N) is 5. The number of unbranched alkanes of at least 4 members (excludes halogenated alkanes) is 3. The summed E-state index contributed by atoms with van der Waals surface area (Å²) in [6.07, 6.45) is 10.7. The molecule has 34 heavy (non-hydrogen) atoms. The third kappa shape index (κ3) is 5.63. The van der Waals surface area contributed by atoms with Crippen molar-refractivity contribution in [3.05, 3.63) is 36.2 Å². The van der Waals surface area contributed by atoms with E-state index in [1.807, 2.05) is 31.4 Å². The molecule has 1 aromatic carbocycles. The van der Waals surface area contributed by atoms with Crippen LogP contribution in [0.1, 0.15) is 69.3 Å². The van der Waals surface area contributed by atoms with E-state index in [-0.39, 0.29) is 5.91 Å². The molecule has 1 N–H and O–H groups in total. The quantitative estimate of drug-likeness (QED) is 0.478. The fraction of sp³-hybridized carbons (Fsp3) is 0.630. The van der Waals surface area contributed by atoms with Crippen molar-refractivity contribution in [2.75, 3.05) is 49.5 Å². The zero-order valence-electron chi connectivity index (χ0n) is 21.3. The number of likely N-dealkylation sites (N-methyl/N-ethyl adjacent to an activating group) is 1. The summed E-state index contributed by atoms with van der Waals surface area (Å²) in [6.45, 7) is 11.5. The summed E-state index contributed by atoms with van der Waals surface area (Å²) < 4.78 is 1.68. The largest absolute Gasteiger partial charge is 0.337 e. The average molecular weight is 467 g/mol. The van der Waals surface area contributed by atoms with Crippen LogP contribution in [0.25, 0.3) is 0 Å². The SMILES string of the molecule is CCN(CC)CC1CCCCN1CCCCCCN1c2ccccc2NC(=O)c2c1cnn2C. The fourth-order valence-electron chi connectivity index (χ4n) is 5.53. The number of rotatable bonds is 11. The van der Waals surface area contributed by atoms with Gasteiger partial charge in [-0.25, -0.2) is 0 Å². The van der Waals surface area contributed by atoms with Gasteiger partial charge in [0, 0.05) is 26.2 Å². The number of aryl methyl sites for hydroxylation is 1. The second-order valence-electron chi connectivity index (χ2n) is 9.71. The Kier molecular flexibility index (Phi) is 8.62. The summed E-state index contributed by atoms with van der Waals surface area (Å²) in [4.78, 5) is 20.4. The molecule has 186 valence electrons. The highest BCUT2D eigenvalue weighted by molar-refractivity contribution is 6.11. The van der Waals surface area contributed by atoms with Crippen LogP contribution in [0.2, 0.25) is 0 Å². The van der Waals surface area contributed by atoms with Gasteiger partial charge in [-0.1, -0.05) is 45.2 Å². The number of amides is 1. The minimum absolute atomic E-state index is 0.0919. The molecule has 1 aromatic heterocycles. The molecule has 2 aromatic rings. The van der Waals surface area contributed by atoms with Crippen LogP contribution in [0, 0.1) is 0 Å². The number of fused-ring (bicyclic) bond motifs is 2. The molecule has 3 heterocycles. The highest BCUT2D eigenvalue weighted by Crippen LogP contribution is 2.37. The van der Waals surface area contributed by atoms with Crippen LogP contribution < -0.4 is 10.2 Å². The molecule has 2 aliphatic rings. The molecule has 7 heteroatoms. The second-order valence-corrected chi connectivity index (χ2v) is 9.71. The second kappa shape index (κ2) is 11.8. The van der Waals surface area contributed by atoms with Crippen molar-refractivity contribution < 1.29 is 4.79 Å². The monoisotopic (exact) mass is 466 g/mol. The first-order valence-corrected chi connectivity index (χ1v) is 13.3. The van der Waals surface area contributed by atoms with Crippen LogP contribution in [0.4, 0.5) is 17.1 Å². The Morgan fingerprint density at radius 2 is 1.79 bits per heavy atom. The molecule has 1 saturated heterocycles. The Balaban J connectivity index is 1.29. The Morgan fingerprint density at radius 1 is 1.03 bits per heavy atom. The Labute approximate surface area is 205 Å². The maximum atomic E-state index is 12.8. The minimum Gasteiger partial charge on any atom is -0.337 e. The van der Waals surface area contributed by atoms with E-state index in [9.17, 15) is 4.79 Å². The summed E-state index contributed by atoms with van der Waals surface area (Å²) in [5.74, 6) is -0.0919. The highest BCUT2D eigenvalue weighted by atomic mass is 16.2. The van der Waals surface area contributed by atoms with E-state index in [1.165, 1.54) is 58.2 Å². The van der Waals surface area contributed by atoms with Crippen LogP contribution in [-0.2, 0) is 7.05 Å². The van der Waals surface area contributed by atoms with Gasteiger partial charge in [-0.15, -0.1) is 0 Å². The predicted molar refractivity (Wildman–Crippen MR) is 140 cm³/mol. The Bertz CT molecular complexity index is 937. The van der Waals surface area contributed by atoms with Gasteiger partial charge in [0.2, 0.25) is 0 Å². The molecule has 0 saturated carbocycles. The molecule has 1 atom stereocenters. The standard InChI is InChI=1S/C27H42N6O/c1-4-31(5-2)21-22-14-10-13-18-32(22)17-11-6-7-12-19-33-24-16-9-8-15-23(24)29-27(34)26-25(33)20-28-30(26)3/h8-9,15-16,20,22H,4-7,10-14,17-19,21H2,1-3H3,(H,29,34). The number of piperidine rings is 1. The third-order valence-electron chi connectivity index (χ3n) is 7.56. The minimum atomic E-state index is -0.0919. The van der Waals surface area contributed by atoms with Crippen molar-refractivity contribution in [1.82, 2.24) is 19.6 Å². The van der Waals surface area contributed by atoms with Gasteiger partial charge < -0.3 is 15.1 Å². The maximum Gasteiger partial charge on any atom is 0.276 e. The van der Waals surface area contributed by atoms with Crippen molar-refractivity contribution in [1.29, 1.82) is 0 Å². The van der Waals surface area contributed by atoms with Gasteiger partial charge in [-0.3, -0.25) is 14.4 Å². The Morgan fingerprint density at radius 3 is 2.59 bits per heavy atom. The highest BCUT2D eigenvalue weighted by Gasteiger charge is 2.28. The molecule has 1 fully saturated rings. The van der Waals surface area contributed by atoms with E-state index in [4.69, 9.17) is 0 Å². The molecular weight excluding hydrogens is 424 g/mol. The number of hydrogen-bond acceptors (Lipinski definition) is 5. The normalized spacial score (nSPS) is 18.5. The zero-order chi connectivity index (χ0) is 23.9. The molecule has 7 nitrogen and oxygen atoms in total. The van der Waals surface area contributed by atoms with E-state index in [0.717, 1.165) is 49.2 Å².